The lowest BCUT2D eigenvalue weighted by atomic mass is 9.95. The Hall–Kier alpha value is -2.42. The van der Waals surface area contributed by atoms with Crippen LogP contribution in [0.15, 0.2) is 27.6 Å². The molecule has 3 fully saturated rings. The molecule has 3 N–H and O–H groups in total. The summed E-state index contributed by atoms with van der Waals surface area (Å²) in [5.41, 5.74) is -4.01. The summed E-state index contributed by atoms with van der Waals surface area (Å²) < 4.78 is 61.9. The third-order valence-corrected chi connectivity index (χ3v) is 9.65. The van der Waals surface area contributed by atoms with Crippen LogP contribution in [0.5, 0.6) is 0 Å². The summed E-state index contributed by atoms with van der Waals surface area (Å²) in [7, 11) is 1.94. The number of amides is 1. The third kappa shape index (κ3) is 4.47. The number of hydrogen-bond acceptors (Lipinski definition) is 9. The van der Waals surface area contributed by atoms with Crippen molar-refractivity contribution in [2.24, 2.45) is 0 Å². The number of piperidine rings is 1. The van der Waals surface area contributed by atoms with Crippen molar-refractivity contribution in [2.45, 2.75) is 72.5 Å². The molecule has 198 valence electrons. The number of aromatic nitrogens is 2. The van der Waals surface area contributed by atoms with Crippen molar-refractivity contribution in [3.05, 3.63) is 24.1 Å². The number of fused-ring (bicyclic) bond motifs is 3. The zero-order valence-corrected chi connectivity index (χ0v) is 21.1. The molecule has 5 heterocycles. The molecule has 3 aliphatic heterocycles. The number of rotatable bonds is 5. The zero-order valence-electron chi connectivity index (χ0n) is 19.5. The van der Waals surface area contributed by atoms with E-state index >= 15 is 4.39 Å². The highest BCUT2D eigenvalue weighted by molar-refractivity contribution is 8.00. The first-order valence-corrected chi connectivity index (χ1v) is 13.5. The Bertz CT molecular complexity index is 1350. The second-order valence-corrected chi connectivity index (χ2v) is 11.8. The van der Waals surface area contributed by atoms with Gasteiger partial charge in [0.25, 0.3) is 0 Å². The van der Waals surface area contributed by atoms with Gasteiger partial charge in [-0.15, -0.1) is 11.3 Å². The lowest BCUT2D eigenvalue weighted by Gasteiger charge is -2.39. The van der Waals surface area contributed by atoms with Gasteiger partial charge in [0.05, 0.1) is 21.3 Å². The Morgan fingerprint density at radius 1 is 1.30 bits per heavy atom. The highest BCUT2D eigenvalue weighted by Gasteiger charge is 2.46. The normalized spacial score (nSPS) is 30.3. The molecule has 6 atom stereocenters. The van der Waals surface area contributed by atoms with E-state index in [-0.39, 0.29) is 51.8 Å². The fraction of sp³-hybridized carbons (Fsp3) is 0.522. The number of anilines is 1. The number of hydrogen-bond donors (Lipinski definition) is 3. The molecule has 37 heavy (non-hydrogen) atoms. The summed E-state index contributed by atoms with van der Waals surface area (Å²) in [4.78, 5) is 18.1. The molecule has 1 aromatic carbocycles. The maximum Gasteiger partial charge on any atom is 0.446 e. The van der Waals surface area contributed by atoms with E-state index in [9.17, 15) is 23.1 Å². The maximum absolute atomic E-state index is 15.3. The van der Waals surface area contributed by atoms with Gasteiger partial charge in [-0.1, -0.05) is 17.3 Å². The van der Waals surface area contributed by atoms with Crippen molar-refractivity contribution < 1.29 is 32.0 Å². The average Bonchev–Trinajstić information content (AvgIpc) is 3.58. The van der Waals surface area contributed by atoms with Crippen molar-refractivity contribution >= 4 is 44.8 Å². The summed E-state index contributed by atoms with van der Waals surface area (Å²) in [6, 6.07) is 3.92. The molecular formula is C23H23F4N5O3S2. The van der Waals surface area contributed by atoms with Crippen LogP contribution in [0, 0.1) is 0 Å². The Labute approximate surface area is 216 Å². The molecule has 8 nitrogen and oxygen atoms in total. The minimum atomic E-state index is -4.57. The first-order valence-electron chi connectivity index (χ1n) is 11.8. The van der Waals surface area contributed by atoms with E-state index in [1.54, 1.807) is 18.2 Å². The van der Waals surface area contributed by atoms with Crippen LogP contribution in [0.3, 0.4) is 0 Å². The minimum Gasteiger partial charge on any atom is -0.383 e. The molecule has 6 rings (SSSR count). The Balaban J connectivity index is 1.37. The predicted molar refractivity (Wildman–Crippen MR) is 130 cm³/mol. The highest BCUT2D eigenvalue weighted by atomic mass is 32.2. The minimum absolute atomic E-state index is 0.000681. The van der Waals surface area contributed by atoms with Gasteiger partial charge in [0.1, 0.15) is 18.3 Å². The SMILES string of the molecule is CN1[C@@H]2CC[C@H]1[C@H](F)[C@H](Nc1cccc3c(SC(F)(F)F)c(-c4noc([C@H]5C[C@@H](O)C(=O)N5)n4)sc13)C2. The van der Waals surface area contributed by atoms with Crippen LogP contribution >= 0.6 is 23.1 Å². The van der Waals surface area contributed by atoms with E-state index in [0.29, 0.717) is 22.2 Å². The number of thioether (sulfide) groups is 1. The van der Waals surface area contributed by atoms with Crippen molar-refractivity contribution in [1.82, 2.24) is 20.4 Å². The molecule has 1 amide bonds. The van der Waals surface area contributed by atoms with Crippen LogP contribution in [-0.2, 0) is 4.79 Å². The van der Waals surface area contributed by atoms with Crippen LogP contribution in [0.2, 0.25) is 0 Å². The number of nitrogens with one attached hydrogen (secondary N) is 2. The summed E-state index contributed by atoms with van der Waals surface area (Å²) in [6.45, 7) is 0. The van der Waals surface area contributed by atoms with Crippen LogP contribution < -0.4 is 10.6 Å². The van der Waals surface area contributed by atoms with Gasteiger partial charge in [-0.25, -0.2) is 4.39 Å². The number of aliphatic hydroxyl groups is 1. The Kier molecular flexibility index (Phi) is 6.12. The van der Waals surface area contributed by atoms with Gasteiger partial charge in [0.2, 0.25) is 17.6 Å². The standard InChI is InChI=1S/C23H23F4N5O3S2/c1-32-9-5-6-14(32)16(24)12(7-9)28-11-4-2-3-10-17(11)36-19(18(10)37-23(25,26)27)20-30-22(35-31-20)13-8-15(33)21(34)29-13/h2-4,9,12-16,28,33H,5-8H2,1H3,(H,29,34)/t9-,12-,13-,14+,15-,16-/m1/s1. The van der Waals surface area contributed by atoms with Gasteiger partial charge >= 0.3 is 5.51 Å². The fourth-order valence-electron chi connectivity index (χ4n) is 5.60. The molecule has 0 unspecified atom stereocenters. The third-order valence-electron chi connectivity index (χ3n) is 7.42. The van der Waals surface area contributed by atoms with E-state index < -0.39 is 35.8 Å². The predicted octanol–water partition coefficient (Wildman–Crippen LogP) is 4.47. The van der Waals surface area contributed by atoms with Crippen LogP contribution in [-0.4, -0.2) is 69.0 Å². The van der Waals surface area contributed by atoms with E-state index in [0.717, 1.165) is 24.2 Å². The molecule has 0 aliphatic carbocycles. The number of benzene rings is 1. The monoisotopic (exact) mass is 557 g/mol. The van der Waals surface area contributed by atoms with Crippen molar-refractivity contribution in [3.8, 4) is 10.7 Å². The molecule has 0 saturated carbocycles. The number of aliphatic hydroxyl groups excluding tert-OH is 1. The summed E-state index contributed by atoms with van der Waals surface area (Å²) in [6.07, 6.45) is 0.0357. The highest BCUT2D eigenvalue weighted by Crippen LogP contribution is 2.51. The van der Waals surface area contributed by atoms with Gasteiger partial charge in [-0.3, -0.25) is 9.69 Å². The number of alkyl halides is 4. The number of thiophene rings is 1. The molecular weight excluding hydrogens is 534 g/mol. The smallest absolute Gasteiger partial charge is 0.383 e. The van der Waals surface area contributed by atoms with Gasteiger partial charge in [-0.05, 0) is 44.1 Å². The Morgan fingerprint density at radius 2 is 2.11 bits per heavy atom. The number of carbonyl (C=O) groups excluding carboxylic acids is 1. The molecule has 0 radical (unpaired) electrons. The van der Waals surface area contributed by atoms with Gasteiger partial charge in [0, 0.05) is 28.8 Å². The van der Waals surface area contributed by atoms with Gasteiger partial charge in [-0.2, -0.15) is 18.2 Å². The topological polar surface area (TPSA) is 104 Å². The molecule has 14 heteroatoms. The molecule has 2 aromatic heterocycles. The molecule has 3 saturated heterocycles. The number of halogens is 4. The van der Waals surface area contributed by atoms with E-state index in [1.807, 2.05) is 7.05 Å². The van der Waals surface area contributed by atoms with Crippen molar-refractivity contribution in [1.29, 1.82) is 0 Å². The summed E-state index contributed by atoms with van der Waals surface area (Å²) in [5, 5.41) is 19.7. The second-order valence-electron chi connectivity index (χ2n) is 9.65. The zero-order chi connectivity index (χ0) is 26.1. The first-order chi connectivity index (χ1) is 17.6. The molecule has 3 aromatic rings. The van der Waals surface area contributed by atoms with Crippen molar-refractivity contribution in [3.63, 3.8) is 0 Å². The molecule has 0 spiro atoms. The fourth-order valence-corrected chi connectivity index (χ4v) is 7.71. The van der Waals surface area contributed by atoms with Crippen LogP contribution in [0.4, 0.5) is 23.2 Å². The first kappa shape index (κ1) is 24.9. The lowest BCUT2D eigenvalue weighted by Crippen LogP contribution is -2.53. The quantitative estimate of drug-likeness (QED) is 0.312. The van der Waals surface area contributed by atoms with E-state index in [2.05, 4.69) is 25.7 Å². The average molecular weight is 558 g/mol. The Morgan fingerprint density at radius 3 is 2.84 bits per heavy atom. The molecule has 3 aliphatic rings. The second kappa shape index (κ2) is 9.10. The van der Waals surface area contributed by atoms with E-state index in [1.165, 1.54) is 0 Å². The van der Waals surface area contributed by atoms with Crippen molar-refractivity contribution in [2.75, 3.05) is 12.4 Å². The lowest BCUT2D eigenvalue weighted by molar-refractivity contribution is -0.126. The van der Waals surface area contributed by atoms with Crippen LogP contribution in [0.1, 0.15) is 37.6 Å². The largest absolute Gasteiger partial charge is 0.446 e. The van der Waals surface area contributed by atoms with E-state index in [4.69, 9.17) is 4.52 Å². The van der Waals surface area contributed by atoms with Gasteiger partial charge in [0.15, 0.2) is 0 Å². The number of carbonyl (C=O) groups is 1. The van der Waals surface area contributed by atoms with Gasteiger partial charge < -0.3 is 20.3 Å². The van der Waals surface area contributed by atoms with Crippen LogP contribution in [0.25, 0.3) is 20.8 Å². The molecule has 2 bridgehead atoms. The summed E-state index contributed by atoms with van der Waals surface area (Å²) >= 11 is 0.808. The maximum atomic E-state index is 15.3. The summed E-state index contributed by atoms with van der Waals surface area (Å²) in [5.74, 6) is -0.630. The number of nitrogens with zero attached hydrogens (tertiary/aromatic N) is 3.